The fraction of sp³-hybridized carbons (Fsp3) is 0.556. The topological polar surface area (TPSA) is 74.6 Å². The Morgan fingerprint density at radius 1 is 1.00 bits per heavy atom. The highest BCUT2D eigenvalue weighted by Crippen LogP contribution is 2.28. The Hall–Kier alpha value is -1.32. The summed E-state index contributed by atoms with van der Waals surface area (Å²) in [5.41, 5.74) is -0.825. The van der Waals surface area contributed by atoms with Crippen LogP contribution in [0.4, 0.5) is 0 Å². The van der Waals surface area contributed by atoms with E-state index < -0.39 is 17.4 Å². The number of hydrogen-bond donors (Lipinski definition) is 2. The van der Waals surface area contributed by atoms with Gasteiger partial charge in [0.05, 0.1) is 5.57 Å². The lowest BCUT2D eigenvalue weighted by Crippen LogP contribution is -2.21. The van der Waals surface area contributed by atoms with E-state index in [1.165, 1.54) is 6.92 Å². The predicted molar refractivity (Wildman–Crippen MR) is 47.4 cm³/mol. The molecule has 0 aliphatic heterocycles. The number of carboxylic acids is 2. The van der Waals surface area contributed by atoms with Gasteiger partial charge in [0, 0.05) is 5.57 Å². The van der Waals surface area contributed by atoms with Gasteiger partial charge in [0.15, 0.2) is 0 Å². The molecule has 0 spiro atoms. The van der Waals surface area contributed by atoms with E-state index in [0.717, 1.165) is 0 Å². The Labute approximate surface area is 76.9 Å². The van der Waals surface area contributed by atoms with E-state index in [1.54, 1.807) is 20.8 Å². The molecule has 0 aromatic carbocycles. The molecular weight excluding hydrogens is 172 g/mol. The highest BCUT2D eigenvalue weighted by atomic mass is 16.4. The van der Waals surface area contributed by atoms with Gasteiger partial charge in [0.1, 0.15) is 0 Å². The van der Waals surface area contributed by atoms with Gasteiger partial charge < -0.3 is 10.2 Å². The fourth-order valence-electron chi connectivity index (χ4n) is 1.15. The largest absolute Gasteiger partial charge is 0.478 e. The molecular formula is C9H14O4. The average Bonchev–Trinajstić information content (AvgIpc) is 1.82. The summed E-state index contributed by atoms with van der Waals surface area (Å²) in [5.74, 6) is -2.36. The first-order valence-corrected chi connectivity index (χ1v) is 3.86. The summed E-state index contributed by atoms with van der Waals surface area (Å²) < 4.78 is 0. The van der Waals surface area contributed by atoms with Crippen molar-refractivity contribution in [3.63, 3.8) is 0 Å². The van der Waals surface area contributed by atoms with E-state index in [0.29, 0.717) is 0 Å². The summed E-state index contributed by atoms with van der Waals surface area (Å²) in [5, 5.41) is 17.5. The number of carboxylic acid groups (broad SMARTS) is 2. The Balaban J connectivity index is 5.40. The smallest absolute Gasteiger partial charge is 0.332 e. The molecule has 0 fully saturated rings. The molecule has 0 unspecified atom stereocenters. The number of aliphatic carboxylic acids is 2. The van der Waals surface area contributed by atoms with Crippen molar-refractivity contribution in [2.24, 2.45) is 5.41 Å². The minimum absolute atomic E-state index is 0.0556. The van der Waals surface area contributed by atoms with Gasteiger partial charge in [0.25, 0.3) is 0 Å². The zero-order valence-electron chi connectivity index (χ0n) is 8.21. The van der Waals surface area contributed by atoms with Crippen molar-refractivity contribution in [1.29, 1.82) is 0 Å². The summed E-state index contributed by atoms with van der Waals surface area (Å²) in [6.07, 6.45) is 0. The summed E-state index contributed by atoms with van der Waals surface area (Å²) in [6.45, 7) is 6.31. The van der Waals surface area contributed by atoms with E-state index in [4.69, 9.17) is 10.2 Å². The first-order chi connectivity index (χ1) is 5.68. The van der Waals surface area contributed by atoms with Crippen LogP contribution in [0.5, 0.6) is 0 Å². The lowest BCUT2D eigenvalue weighted by atomic mass is 9.83. The maximum atomic E-state index is 10.8. The molecule has 0 aliphatic carbocycles. The van der Waals surface area contributed by atoms with Crippen LogP contribution in [0.15, 0.2) is 11.1 Å². The van der Waals surface area contributed by atoms with Gasteiger partial charge >= 0.3 is 11.9 Å². The monoisotopic (exact) mass is 186 g/mol. The van der Waals surface area contributed by atoms with Crippen LogP contribution in [-0.4, -0.2) is 22.2 Å². The molecule has 0 rings (SSSR count). The Bertz CT molecular complexity index is 268. The van der Waals surface area contributed by atoms with Crippen LogP contribution in [0.3, 0.4) is 0 Å². The van der Waals surface area contributed by atoms with Crippen molar-refractivity contribution < 1.29 is 19.8 Å². The second-order valence-corrected chi connectivity index (χ2v) is 3.86. The third kappa shape index (κ3) is 2.89. The molecule has 0 aliphatic rings. The molecule has 4 nitrogen and oxygen atoms in total. The summed E-state index contributed by atoms with van der Waals surface area (Å²) in [7, 11) is 0. The van der Waals surface area contributed by atoms with E-state index in [-0.39, 0.29) is 11.1 Å². The minimum atomic E-state index is -1.19. The number of carbonyl (C=O) groups is 2. The second kappa shape index (κ2) is 3.60. The van der Waals surface area contributed by atoms with Crippen molar-refractivity contribution in [2.75, 3.05) is 0 Å². The lowest BCUT2D eigenvalue weighted by Gasteiger charge is -2.20. The Morgan fingerprint density at radius 3 is 1.46 bits per heavy atom. The van der Waals surface area contributed by atoms with Gasteiger partial charge in [-0.15, -0.1) is 0 Å². The van der Waals surface area contributed by atoms with Crippen LogP contribution in [0, 0.1) is 5.41 Å². The Kier molecular flexibility index (Phi) is 3.23. The molecule has 0 saturated heterocycles. The highest BCUT2D eigenvalue weighted by molar-refractivity contribution is 5.99. The molecule has 0 aromatic heterocycles. The fourth-order valence-corrected chi connectivity index (χ4v) is 1.15. The predicted octanol–water partition coefficient (Wildman–Crippen LogP) is 1.52. The SMILES string of the molecule is C/C(C(=O)O)=C(\C(=O)O)C(C)(C)C. The molecule has 0 bridgehead atoms. The third-order valence-corrected chi connectivity index (χ3v) is 1.66. The standard InChI is InChI=1S/C9H14O4/c1-5(7(10)11)6(8(12)13)9(2,3)4/h1-4H3,(H,10,11)(H,12,13)/b6-5-. The van der Waals surface area contributed by atoms with Gasteiger partial charge in [-0.25, -0.2) is 9.59 Å². The summed E-state index contributed by atoms with van der Waals surface area (Å²) in [6, 6.07) is 0. The van der Waals surface area contributed by atoms with Crippen LogP contribution >= 0.6 is 0 Å². The second-order valence-electron chi connectivity index (χ2n) is 3.86. The molecule has 74 valence electrons. The van der Waals surface area contributed by atoms with E-state index >= 15 is 0 Å². The molecule has 2 N–H and O–H groups in total. The van der Waals surface area contributed by atoms with Crippen LogP contribution in [-0.2, 0) is 9.59 Å². The zero-order chi connectivity index (χ0) is 10.8. The Morgan fingerprint density at radius 2 is 1.38 bits per heavy atom. The molecule has 13 heavy (non-hydrogen) atoms. The number of hydrogen-bond acceptors (Lipinski definition) is 2. The van der Waals surface area contributed by atoms with Crippen molar-refractivity contribution >= 4 is 11.9 Å². The molecule has 0 heterocycles. The maximum Gasteiger partial charge on any atom is 0.332 e. The third-order valence-electron chi connectivity index (χ3n) is 1.66. The van der Waals surface area contributed by atoms with E-state index in [2.05, 4.69) is 0 Å². The van der Waals surface area contributed by atoms with Crippen LogP contribution < -0.4 is 0 Å². The van der Waals surface area contributed by atoms with Gasteiger partial charge in [-0.05, 0) is 12.3 Å². The van der Waals surface area contributed by atoms with Crippen LogP contribution in [0.25, 0.3) is 0 Å². The van der Waals surface area contributed by atoms with Crippen molar-refractivity contribution in [3.8, 4) is 0 Å². The summed E-state index contributed by atoms with van der Waals surface area (Å²) >= 11 is 0. The van der Waals surface area contributed by atoms with Crippen LogP contribution in [0.1, 0.15) is 27.7 Å². The van der Waals surface area contributed by atoms with Gasteiger partial charge in [0.2, 0.25) is 0 Å². The minimum Gasteiger partial charge on any atom is -0.478 e. The first-order valence-electron chi connectivity index (χ1n) is 3.86. The highest BCUT2D eigenvalue weighted by Gasteiger charge is 2.27. The summed E-state index contributed by atoms with van der Waals surface area (Å²) in [4.78, 5) is 21.3. The van der Waals surface area contributed by atoms with Crippen LogP contribution in [0.2, 0.25) is 0 Å². The lowest BCUT2D eigenvalue weighted by molar-refractivity contribution is -0.136. The normalized spacial score (nSPS) is 13.5. The zero-order valence-corrected chi connectivity index (χ0v) is 8.21. The maximum absolute atomic E-state index is 10.8. The van der Waals surface area contributed by atoms with Crippen molar-refractivity contribution in [2.45, 2.75) is 27.7 Å². The van der Waals surface area contributed by atoms with Gasteiger partial charge in [-0.1, -0.05) is 20.8 Å². The van der Waals surface area contributed by atoms with E-state index in [1.807, 2.05) is 0 Å². The van der Waals surface area contributed by atoms with Crippen molar-refractivity contribution in [1.82, 2.24) is 0 Å². The quantitative estimate of drug-likeness (QED) is 0.641. The molecule has 0 atom stereocenters. The molecule has 0 aromatic rings. The molecule has 0 amide bonds. The van der Waals surface area contributed by atoms with Gasteiger partial charge in [-0.2, -0.15) is 0 Å². The van der Waals surface area contributed by atoms with Gasteiger partial charge in [-0.3, -0.25) is 0 Å². The molecule has 4 heteroatoms. The van der Waals surface area contributed by atoms with E-state index in [9.17, 15) is 9.59 Å². The number of rotatable bonds is 2. The van der Waals surface area contributed by atoms with Crippen molar-refractivity contribution in [3.05, 3.63) is 11.1 Å². The average molecular weight is 186 g/mol. The first kappa shape index (κ1) is 11.7. The molecule has 0 radical (unpaired) electrons. The molecule has 0 saturated carbocycles.